The predicted octanol–water partition coefficient (Wildman–Crippen LogP) is 4.90. The Kier molecular flexibility index (Phi) is 3.11. The molecule has 19 heavy (non-hydrogen) atoms. The van der Waals surface area contributed by atoms with Gasteiger partial charge in [-0.05, 0) is 36.9 Å². The van der Waals surface area contributed by atoms with Crippen molar-refractivity contribution in [3.63, 3.8) is 0 Å². The summed E-state index contributed by atoms with van der Waals surface area (Å²) in [5.74, 6) is 0.127. The van der Waals surface area contributed by atoms with Crippen LogP contribution in [0.25, 0.3) is 5.57 Å². The van der Waals surface area contributed by atoms with Gasteiger partial charge in [-0.15, -0.1) is 11.8 Å². The monoisotopic (exact) mass is 286 g/mol. The maximum absolute atomic E-state index is 12.6. The zero-order valence-electron chi connectivity index (χ0n) is 10.8. The molecule has 0 radical (unpaired) electrons. The molecule has 0 aliphatic carbocycles. The van der Waals surface area contributed by atoms with Gasteiger partial charge in [0.15, 0.2) is 5.78 Å². The summed E-state index contributed by atoms with van der Waals surface area (Å²) in [4.78, 5) is 13.8. The Balaban J connectivity index is 2.13. The van der Waals surface area contributed by atoms with Crippen LogP contribution in [0.15, 0.2) is 52.1 Å². The fourth-order valence-electron chi connectivity index (χ4n) is 2.25. The van der Waals surface area contributed by atoms with Crippen LogP contribution >= 0.6 is 23.1 Å². The van der Waals surface area contributed by atoms with Crippen molar-refractivity contribution in [1.29, 1.82) is 0 Å². The fourth-order valence-corrected chi connectivity index (χ4v) is 4.07. The van der Waals surface area contributed by atoms with Gasteiger partial charge >= 0.3 is 0 Å². The molecule has 0 spiro atoms. The minimum Gasteiger partial charge on any atom is -0.289 e. The van der Waals surface area contributed by atoms with Gasteiger partial charge in [0.2, 0.25) is 0 Å². The molecule has 0 unspecified atom stereocenters. The van der Waals surface area contributed by atoms with Crippen molar-refractivity contribution in [2.24, 2.45) is 0 Å². The van der Waals surface area contributed by atoms with Crippen molar-refractivity contribution in [2.45, 2.75) is 23.5 Å². The third-order valence-electron chi connectivity index (χ3n) is 3.07. The lowest BCUT2D eigenvalue weighted by atomic mass is 9.94. The largest absolute Gasteiger partial charge is 0.289 e. The van der Waals surface area contributed by atoms with Crippen LogP contribution in [0, 0.1) is 0 Å². The van der Waals surface area contributed by atoms with Crippen LogP contribution in [0.3, 0.4) is 0 Å². The lowest BCUT2D eigenvalue weighted by Gasteiger charge is -2.28. The van der Waals surface area contributed by atoms with Crippen LogP contribution in [0.2, 0.25) is 0 Å². The van der Waals surface area contributed by atoms with Gasteiger partial charge in [-0.25, -0.2) is 0 Å². The number of thiophene rings is 1. The number of benzene rings is 1. The van der Waals surface area contributed by atoms with Crippen molar-refractivity contribution in [3.8, 4) is 0 Å². The Morgan fingerprint density at radius 2 is 1.95 bits per heavy atom. The van der Waals surface area contributed by atoms with E-state index in [1.165, 1.54) is 4.90 Å². The van der Waals surface area contributed by atoms with Crippen molar-refractivity contribution >= 4 is 34.5 Å². The van der Waals surface area contributed by atoms with Crippen molar-refractivity contribution in [3.05, 3.63) is 58.3 Å². The third kappa shape index (κ3) is 2.40. The van der Waals surface area contributed by atoms with E-state index >= 15 is 0 Å². The first-order chi connectivity index (χ1) is 9.07. The van der Waals surface area contributed by atoms with Gasteiger partial charge in [0.05, 0.1) is 0 Å². The number of hydrogen-bond acceptors (Lipinski definition) is 3. The first-order valence-corrected chi connectivity index (χ1v) is 7.91. The molecule has 1 aromatic carbocycles. The highest BCUT2D eigenvalue weighted by atomic mass is 32.2. The average molecular weight is 286 g/mol. The summed E-state index contributed by atoms with van der Waals surface area (Å²) in [6.07, 6.45) is 2.10. The van der Waals surface area contributed by atoms with Gasteiger partial charge < -0.3 is 0 Å². The van der Waals surface area contributed by atoms with Crippen molar-refractivity contribution in [2.75, 3.05) is 0 Å². The summed E-state index contributed by atoms with van der Waals surface area (Å²) >= 11 is 3.37. The van der Waals surface area contributed by atoms with E-state index in [0.717, 1.165) is 16.7 Å². The molecule has 96 valence electrons. The number of Topliss-reactive ketones (excluding diaryl/α,β-unsaturated/α-hetero) is 1. The number of thioether (sulfide) groups is 1. The third-order valence-corrected chi connectivity index (χ3v) is 4.97. The molecule has 2 aromatic rings. The van der Waals surface area contributed by atoms with Crippen molar-refractivity contribution in [1.82, 2.24) is 0 Å². The molecule has 1 aromatic heterocycles. The molecule has 0 atom stereocenters. The fraction of sp³-hybridized carbons (Fsp3) is 0.188. The Morgan fingerprint density at radius 1 is 1.16 bits per heavy atom. The second kappa shape index (κ2) is 4.66. The molecule has 2 heterocycles. The minimum atomic E-state index is -0.0463. The molecule has 0 fully saturated rings. The topological polar surface area (TPSA) is 17.1 Å². The molecular weight excluding hydrogens is 272 g/mol. The SMILES string of the molecule is CC1(C)C=C(C(=O)c2ccsc2)c2ccccc2S1. The molecule has 3 heteroatoms. The first-order valence-electron chi connectivity index (χ1n) is 6.15. The standard InChI is InChI=1S/C16H14OS2/c1-16(2)9-13(15(17)11-7-8-18-10-11)12-5-3-4-6-14(12)19-16/h3-10H,1-2H3. The molecule has 0 saturated heterocycles. The van der Waals surface area contributed by atoms with E-state index in [2.05, 4.69) is 26.0 Å². The highest BCUT2D eigenvalue weighted by molar-refractivity contribution is 8.01. The average Bonchev–Trinajstić information content (AvgIpc) is 2.89. The van der Waals surface area contributed by atoms with Gasteiger partial charge in [0, 0.05) is 26.2 Å². The molecule has 0 bridgehead atoms. The van der Waals surface area contributed by atoms with Gasteiger partial charge in [-0.3, -0.25) is 4.79 Å². The van der Waals surface area contributed by atoms with Gasteiger partial charge in [0.1, 0.15) is 0 Å². The van der Waals surface area contributed by atoms with E-state index in [1.807, 2.05) is 35.0 Å². The van der Waals surface area contributed by atoms with E-state index in [0.29, 0.717) is 0 Å². The van der Waals surface area contributed by atoms with Crippen LogP contribution in [-0.4, -0.2) is 10.5 Å². The zero-order chi connectivity index (χ0) is 13.5. The summed E-state index contributed by atoms with van der Waals surface area (Å²) in [7, 11) is 0. The molecular formula is C16H14OS2. The maximum Gasteiger partial charge on any atom is 0.194 e. The van der Waals surface area contributed by atoms with Gasteiger partial charge in [-0.1, -0.05) is 24.3 Å². The summed E-state index contributed by atoms with van der Waals surface area (Å²) in [6, 6.07) is 10.0. The van der Waals surface area contributed by atoms with Crippen LogP contribution in [0.5, 0.6) is 0 Å². The number of rotatable bonds is 2. The molecule has 1 aliphatic heterocycles. The molecule has 0 amide bonds. The Bertz CT molecular complexity index is 651. The quantitative estimate of drug-likeness (QED) is 0.730. The first kappa shape index (κ1) is 12.7. The lowest BCUT2D eigenvalue weighted by molar-refractivity contribution is 0.105. The summed E-state index contributed by atoms with van der Waals surface area (Å²) in [6.45, 7) is 4.29. The normalized spacial score (nSPS) is 16.6. The second-order valence-electron chi connectivity index (χ2n) is 5.10. The van der Waals surface area contributed by atoms with Gasteiger partial charge in [-0.2, -0.15) is 11.3 Å². The van der Waals surface area contributed by atoms with Crippen LogP contribution in [0.1, 0.15) is 29.8 Å². The minimum absolute atomic E-state index is 0.0463. The Labute approximate surface area is 121 Å². The number of ketones is 1. The molecule has 1 nitrogen and oxygen atoms in total. The van der Waals surface area contributed by atoms with E-state index < -0.39 is 0 Å². The number of allylic oxidation sites excluding steroid dienone is 1. The highest BCUT2D eigenvalue weighted by Crippen LogP contribution is 2.44. The highest BCUT2D eigenvalue weighted by Gasteiger charge is 2.29. The Morgan fingerprint density at radius 3 is 2.68 bits per heavy atom. The van der Waals surface area contributed by atoms with Crippen LogP contribution in [-0.2, 0) is 0 Å². The van der Waals surface area contributed by atoms with E-state index in [9.17, 15) is 4.79 Å². The maximum atomic E-state index is 12.6. The molecule has 0 N–H and O–H groups in total. The van der Waals surface area contributed by atoms with E-state index in [1.54, 1.807) is 23.1 Å². The molecule has 0 saturated carbocycles. The lowest BCUT2D eigenvalue weighted by Crippen LogP contribution is -2.18. The smallest absolute Gasteiger partial charge is 0.194 e. The Hall–Kier alpha value is -1.32. The van der Waals surface area contributed by atoms with Crippen molar-refractivity contribution < 1.29 is 4.79 Å². The number of hydrogen-bond donors (Lipinski definition) is 0. The second-order valence-corrected chi connectivity index (χ2v) is 7.58. The molecule has 1 aliphatic rings. The van der Waals surface area contributed by atoms with E-state index in [4.69, 9.17) is 0 Å². The predicted molar refractivity (Wildman–Crippen MR) is 83.0 cm³/mol. The zero-order valence-corrected chi connectivity index (χ0v) is 12.5. The number of carbonyl (C=O) groups is 1. The van der Waals surface area contributed by atoms with Crippen LogP contribution < -0.4 is 0 Å². The number of fused-ring (bicyclic) bond motifs is 1. The molecule has 3 rings (SSSR count). The van der Waals surface area contributed by atoms with E-state index in [-0.39, 0.29) is 10.5 Å². The van der Waals surface area contributed by atoms with Gasteiger partial charge in [0.25, 0.3) is 0 Å². The number of carbonyl (C=O) groups excluding carboxylic acids is 1. The van der Waals surface area contributed by atoms with Crippen LogP contribution in [0.4, 0.5) is 0 Å². The summed E-state index contributed by atoms with van der Waals surface area (Å²) in [5.41, 5.74) is 2.68. The summed E-state index contributed by atoms with van der Waals surface area (Å²) < 4.78 is -0.0463. The summed E-state index contributed by atoms with van der Waals surface area (Å²) in [5, 5.41) is 3.86.